The number of alkyl halides is 3. The summed E-state index contributed by atoms with van der Waals surface area (Å²) >= 11 is 3.54. The van der Waals surface area contributed by atoms with Crippen LogP contribution in [0.25, 0.3) is 0 Å². The number of rotatable bonds is 2. The number of nitrogens with zero attached hydrogens (tertiary/aromatic N) is 1. The second-order valence-corrected chi connectivity index (χ2v) is 6.94. The molecule has 1 aromatic carbocycles. The van der Waals surface area contributed by atoms with Crippen molar-refractivity contribution in [3.63, 3.8) is 0 Å². The van der Waals surface area contributed by atoms with Gasteiger partial charge in [-0.1, -0.05) is 0 Å². The van der Waals surface area contributed by atoms with E-state index in [0.29, 0.717) is 7.14 Å². The van der Waals surface area contributed by atoms with Crippen molar-refractivity contribution in [3.05, 3.63) is 30.9 Å². The molecule has 10 heteroatoms. The van der Waals surface area contributed by atoms with Crippen LogP contribution in [0.15, 0.2) is 22.6 Å². The lowest BCUT2D eigenvalue weighted by molar-refractivity contribution is -0.212. The Bertz CT molecular complexity index is 598. The molecule has 4 nitrogen and oxygen atoms in total. The molecule has 0 aliphatic heterocycles. The van der Waals surface area contributed by atoms with Crippen molar-refractivity contribution in [2.45, 2.75) is 5.51 Å². The molecule has 0 unspecified atom stereocenters. The van der Waals surface area contributed by atoms with Gasteiger partial charge in [-0.05, 0) is 63.4 Å². The Morgan fingerprint density at radius 2 is 1.83 bits per heavy atom. The van der Waals surface area contributed by atoms with E-state index in [4.69, 9.17) is 0 Å². The number of benzene rings is 1. The normalized spacial score (nSPS) is 13.7. The third kappa shape index (κ3) is 3.69. The smallest absolute Gasteiger partial charge is 0.518 e. The Labute approximate surface area is 128 Å². The fourth-order valence-electron chi connectivity index (χ4n) is 0.871. The van der Waals surface area contributed by atoms with Crippen molar-refractivity contribution in [1.29, 1.82) is 0 Å². The van der Waals surface area contributed by atoms with E-state index in [-0.39, 0.29) is 5.56 Å². The Hall–Kier alpha value is -0.110. The van der Waals surface area contributed by atoms with Crippen LogP contribution >= 0.6 is 45.2 Å². The first-order chi connectivity index (χ1) is 8.04. The molecular weight excluding hydrogens is 501 g/mol. The SMILES string of the molecule is O=S(=O)(/N=C(\[O-])c1cc(I)ccc1I)C(F)(F)F. The first kappa shape index (κ1) is 15.9. The molecule has 0 saturated carbocycles. The molecule has 0 atom stereocenters. The monoisotopic (exact) mass is 504 g/mol. The Morgan fingerprint density at radius 1 is 1.28 bits per heavy atom. The molecule has 0 fully saturated rings. The Morgan fingerprint density at radius 3 is 2.33 bits per heavy atom. The van der Waals surface area contributed by atoms with Crippen molar-refractivity contribution in [1.82, 2.24) is 0 Å². The zero-order chi connectivity index (χ0) is 14.1. The minimum atomic E-state index is -5.81. The Kier molecular flexibility index (Phi) is 4.86. The van der Waals surface area contributed by atoms with Gasteiger partial charge in [-0.2, -0.15) is 26.0 Å². The van der Waals surface area contributed by atoms with Gasteiger partial charge in [0.05, 0.1) is 0 Å². The summed E-state index contributed by atoms with van der Waals surface area (Å²) in [7, 11) is -5.81. The van der Waals surface area contributed by atoms with Crippen LogP contribution in [0, 0.1) is 7.14 Å². The van der Waals surface area contributed by atoms with E-state index >= 15 is 0 Å². The van der Waals surface area contributed by atoms with Crippen molar-refractivity contribution in [2.24, 2.45) is 4.40 Å². The van der Waals surface area contributed by atoms with E-state index in [9.17, 15) is 26.7 Å². The summed E-state index contributed by atoms with van der Waals surface area (Å²) in [6, 6.07) is 4.36. The highest BCUT2D eigenvalue weighted by Crippen LogP contribution is 2.25. The minimum Gasteiger partial charge on any atom is -0.858 e. The molecule has 0 spiro atoms. The van der Waals surface area contributed by atoms with Crippen LogP contribution in [-0.2, 0) is 10.0 Å². The topological polar surface area (TPSA) is 69.6 Å². The molecule has 1 rings (SSSR count). The summed E-state index contributed by atoms with van der Waals surface area (Å²) in [5.74, 6) is -1.43. The average molecular weight is 504 g/mol. The lowest BCUT2D eigenvalue weighted by Crippen LogP contribution is -2.27. The third-order valence-corrected chi connectivity index (χ3v) is 4.26. The zero-order valence-corrected chi connectivity index (χ0v) is 13.3. The van der Waals surface area contributed by atoms with Gasteiger partial charge >= 0.3 is 15.5 Å². The lowest BCUT2D eigenvalue weighted by atomic mass is 10.2. The highest BCUT2D eigenvalue weighted by molar-refractivity contribution is 14.1. The van der Waals surface area contributed by atoms with E-state index in [1.54, 1.807) is 28.7 Å². The minimum absolute atomic E-state index is 0.185. The van der Waals surface area contributed by atoms with E-state index in [1.807, 2.05) is 22.6 Å². The van der Waals surface area contributed by atoms with Crippen LogP contribution in [0.1, 0.15) is 5.56 Å². The Balaban J connectivity index is 3.31. The number of hydrogen-bond acceptors (Lipinski definition) is 3. The van der Waals surface area contributed by atoms with Crippen molar-refractivity contribution < 1.29 is 26.7 Å². The maximum atomic E-state index is 12.1. The average Bonchev–Trinajstić information content (AvgIpc) is 2.19. The maximum Gasteiger partial charge on any atom is 0.518 e. The first-order valence-corrected chi connectivity index (χ1v) is 7.68. The van der Waals surface area contributed by atoms with Gasteiger partial charge in [-0.3, -0.25) is 0 Å². The highest BCUT2D eigenvalue weighted by Gasteiger charge is 2.45. The standard InChI is InChI=1S/C8H4F3I2NO3S/c9-8(10,11)18(16,17)14-7(15)5-3-4(12)1-2-6(5)13/h1-3H,(H,14,15)/p-1. The summed E-state index contributed by atoms with van der Waals surface area (Å²) in [5.41, 5.74) is -5.76. The van der Waals surface area contributed by atoms with E-state index in [0.717, 1.165) is 0 Å². The van der Waals surface area contributed by atoms with Gasteiger partial charge in [-0.25, -0.2) is 0 Å². The van der Waals surface area contributed by atoms with Crippen molar-refractivity contribution in [3.8, 4) is 0 Å². The predicted octanol–water partition coefficient (Wildman–Crippen LogP) is 1.85. The molecule has 0 aliphatic rings. The molecule has 0 N–H and O–H groups in total. The molecule has 1 aromatic rings. The molecule has 0 aliphatic carbocycles. The van der Waals surface area contributed by atoms with E-state index < -0.39 is 21.4 Å². The summed E-state index contributed by atoms with van der Waals surface area (Å²) < 4.78 is 60.7. The van der Waals surface area contributed by atoms with Gasteiger partial charge in [0, 0.05) is 18.6 Å². The fourth-order valence-corrected chi connectivity index (χ4v) is 2.35. The summed E-state index contributed by atoms with van der Waals surface area (Å²) in [4.78, 5) is 0. The third-order valence-electron chi connectivity index (χ3n) is 1.65. The number of sulfonamides is 1. The molecule has 100 valence electrons. The molecule has 0 aromatic heterocycles. The summed E-state index contributed by atoms with van der Waals surface area (Å²) in [6.07, 6.45) is 0. The maximum absolute atomic E-state index is 12.1. The predicted molar refractivity (Wildman–Crippen MR) is 73.4 cm³/mol. The van der Waals surface area contributed by atoms with Crippen LogP contribution in [0.3, 0.4) is 0 Å². The van der Waals surface area contributed by atoms with Crippen LogP contribution in [0.5, 0.6) is 0 Å². The quantitative estimate of drug-likeness (QED) is 0.351. The molecule has 0 bridgehead atoms. The second-order valence-electron chi connectivity index (χ2n) is 2.94. The van der Waals surface area contributed by atoms with Gasteiger partial charge in [0.25, 0.3) is 0 Å². The van der Waals surface area contributed by atoms with Crippen LogP contribution in [0.2, 0.25) is 0 Å². The first-order valence-electron chi connectivity index (χ1n) is 4.08. The van der Waals surface area contributed by atoms with Gasteiger partial charge in [0.1, 0.15) is 0 Å². The summed E-state index contributed by atoms with van der Waals surface area (Å²) in [6.45, 7) is 0. The number of halogens is 5. The van der Waals surface area contributed by atoms with Crippen molar-refractivity contribution in [2.75, 3.05) is 0 Å². The van der Waals surface area contributed by atoms with E-state index in [1.165, 1.54) is 12.1 Å². The van der Waals surface area contributed by atoms with Gasteiger partial charge < -0.3 is 5.11 Å². The molecule has 0 heterocycles. The largest absolute Gasteiger partial charge is 0.858 e. The van der Waals surface area contributed by atoms with Gasteiger partial charge in [-0.15, -0.1) is 0 Å². The fraction of sp³-hybridized carbons (Fsp3) is 0.125. The lowest BCUT2D eigenvalue weighted by Gasteiger charge is -2.13. The second kappa shape index (κ2) is 5.48. The van der Waals surface area contributed by atoms with Crippen LogP contribution in [0.4, 0.5) is 13.2 Å². The molecular formula is C8H3F3I2NO3S-. The number of hydrogen-bond donors (Lipinski definition) is 0. The van der Waals surface area contributed by atoms with Crippen LogP contribution in [-0.4, -0.2) is 19.8 Å². The zero-order valence-electron chi connectivity index (χ0n) is 8.20. The summed E-state index contributed by atoms with van der Waals surface area (Å²) in [5, 5.41) is 11.4. The van der Waals surface area contributed by atoms with Gasteiger partial charge in [0.2, 0.25) is 0 Å². The molecule has 0 radical (unpaired) electrons. The molecule has 18 heavy (non-hydrogen) atoms. The molecule has 0 saturated heterocycles. The van der Waals surface area contributed by atoms with Crippen molar-refractivity contribution >= 4 is 61.1 Å². The molecule has 0 amide bonds. The van der Waals surface area contributed by atoms with E-state index in [2.05, 4.69) is 4.40 Å². The highest BCUT2D eigenvalue weighted by atomic mass is 127. The van der Waals surface area contributed by atoms with Crippen LogP contribution < -0.4 is 5.11 Å². The van der Waals surface area contributed by atoms with Gasteiger partial charge in [0.15, 0.2) is 0 Å².